The van der Waals surface area contributed by atoms with Gasteiger partial charge < -0.3 is 19.5 Å². The van der Waals surface area contributed by atoms with E-state index in [2.05, 4.69) is 10.1 Å². The molecular weight excluding hydrogens is 276 g/mol. The van der Waals surface area contributed by atoms with Gasteiger partial charge >= 0.3 is 12.1 Å². The second kappa shape index (κ2) is 7.61. The molecule has 1 saturated heterocycles. The molecule has 0 aromatic rings. The highest BCUT2D eigenvalue weighted by Crippen LogP contribution is 2.14. The van der Waals surface area contributed by atoms with Crippen molar-refractivity contribution < 1.29 is 23.8 Å². The van der Waals surface area contributed by atoms with Crippen molar-refractivity contribution in [3.8, 4) is 0 Å². The molecule has 1 amide bonds. The first-order valence-electron chi connectivity index (χ1n) is 7.13. The number of carbonyl (C=O) groups excluding carboxylic acids is 2. The molecule has 1 aliphatic rings. The summed E-state index contributed by atoms with van der Waals surface area (Å²) in [6.45, 7) is 9.03. The van der Waals surface area contributed by atoms with Gasteiger partial charge in [0.2, 0.25) is 0 Å². The number of morpholine rings is 1. The van der Waals surface area contributed by atoms with Crippen LogP contribution in [0.25, 0.3) is 0 Å². The third-order valence-electron chi connectivity index (χ3n) is 3.07. The molecule has 1 aliphatic heterocycles. The summed E-state index contributed by atoms with van der Waals surface area (Å²) in [5.74, 6) is -0.337. The number of nitrogens with zero attached hydrogens (tertiary/aromatic N) is 1. The molecule has 21 heavy (non-hydrogen) atoms. The van der Waals surface area contributed by atoms with E-state index in [4.69, 9.17) is 9.47 Å². The average Bonchev–Trinajstić information content (AvgIpc) is 2.42. The Hall–Kier alpha value is -1.34. The third kappa shape index (κ3) is 5.89. The summed E-state index contributed by atoms with van der Waals surface area (Å²) >= 11 is 0. The summed E-state index contributed by atoms with van der Waals surface area (Å²) in [5.41, 5.74) is -0.535. The molecule has 0 spiro atoms. The molecule has 1 N–H and O–H groups in total. The smallest absolute Gasteiger partial charge is 0.410 e. The van der Waals surface area contributed by atoms with E-state index in [1.807, 2.05) is 20.8 Å². The number of carbonyl (C=O) groups is 2. The van der Waals surface area contributed by atoms with Crippen LogP contribution in [0.1, 0.15) is 27.7 Å². The molecule has 0 aliphatic carbocycles. The number of methoxy groups -OCH3 is 1. The second-order valence-electron chi connectivity index (χ2n) is 6.06. The maximum atomic E-state index is 12.2. The SMILES string of the molecule is COC(=O)C(C)NCC1COCCN1C(=O)OC(C)(C)C. The number of esters is 1. The maximum Gasteiger partial charge on any atom is 0.410 e. The highest BCUT2D eigenvalue weighted by atomic mass is 16.6. The molecule has 7 heteroatoms. The van der Waals surface area contributed by atoms with E-state index in [9.17, 15) is 9.59 Å². The van der Waals surface area contributed by atoms with Gasteiger partial charge in [0, 0.05) is 13.1 Å². The Morgan fingerprint density at radius 1 is 1.43 bits per heavy atom. The summed E-state index contributed by atoms with van der Waals surface area (Å²) in [7, 11) is 1.34. The lowest BCUT2D eigenvalue weighted by molar-refractivity contribution is -0.142. The number of amides is 1. The lowest BCUT2D eigenvalue weighted by Gasteiger charge is -2.37. The van der Waals surface area contributed by atoms with Crippen molar-refractivity contribution in [2.24, 2.45) is 0 Å². The van der Waals surface area contributed by atoms with E-state index < -0.39 is 11.6 Å². The molecule has 0 saturated carbocycles. The molecule has 1 heterocycles. The Balaban J connectivity index is 2.57. The van der Waals surface area contributed by atoms with Gasteiger partial charge in [0.25, 0.3) is 0 Å². The standard InChI is InChI=1S/C14H26N2O5/c1-10(12(17)19-5)15-8-11-9-20-7-6-16(11)13(18)21-14(2,3)4/h10-11,15H,6-9H2,1-5H3. The highest BCUT2D eigenvalue weighted by Gasteiger charge is 2.31. The molecule has 7 nitrogen and oxygen atoms in total. The van der Waals surface area contributed by atoms with E-state index >= 15 is 0 Å². The van der Waals surface area contributed by atoms with Gasteiger partial charge in [-0.15, -0.1) is 0 Å². The number of ether oxygens (including phenoxy) is 3. The Kier molecular flexibility index (Phi) is 6.42. The van der Waals surface area contributed by atoms with Gasteiger partial charge in [0.15, 0.2) is 0 Å². The van der Waals surface area contributed by atoms with Gasteiger partial charge in [0.1, 0.15) is 11.6 Å². The first kappa shape index (κ1) is 17.7. The van der Waals surface area contributed by atoms with Gasteiger partial charge in [-0.25, -0.2) is 4.79 Å². The minimum Gasteiger partial charge on any atom is -0.468 e. The lowest BCUT2D eigenvalue weighted by Crippen LogP contribution is -2.55. The van der Waals surface area contributed by atoms with Crippen LogP contribution in [-0.2, 0) is 19.0 Å². The van der Waals surface area contributed by atoms with E-state index in [1.54, 1.807) is 11.8 Å². The molecule has 0 aromatic carbocycles. The van der Waals surface area contributed by atoms with Crippen molar-refractivity contribution in [2.45, 2.75) is 45.4 Å². The number of hydrogen-bond donors (Lipinski definition) is 1. The molecule has 0 radical (unpaired) electrons. The van der Waals surface area contributed by atoms with Crippen LogP contribution in [0.4, 0.5) is 4.79 Å². The van der Waals surface area contributed by atoms with E-state index in [-0.39, 0.29) is 18.1 Å². The summed E-state index contributed by atoms with van der Waals surface area (Å²) in [4.78, 5) is 25.2. The molecule has 1 rings (SSSR count). The fraction of sp³-hybridized carbons (Fsp3) is 0.857. The van der Waals surface area contributed by atoms with Crippen molar-refractivity contribution in [3.63, 3.8) is 0 Å². The Morgan fingerprint density at radius 3 is 2.67 bits per heavy atom. The quantitative estimate of drug-likeness (QED) is 0.773. The topological polar surface area (TPSA) is 77.1 Å². The largest absolute Gasteiger partial charge is 0.468 e. The average molecular weight is 302 g/mol. The first-order chi connectivity index (χ1) is 9.74. The predicted molar refractivity (Wildman–Crippen MR) is 77.0 cm³/mol. The number of rotatable bonds is 4. The summed E-state index contributed by atoms with van der Waals surface area (Å²) in [6.07, 6.45) is -0.358. The van der Waals surface area contributed by atoms with E-state index in [1.165, 1.54) is 7.11 Å². The van der Waals surface area contributed by atoms with Crippen molar-refractivity contribution in [1.29, 1.82) is 0 Å². The van der Waals surface area contributed by atoms with Gasteiger partial charge in [-0.3, -0.25) is 9.69 Å². The molecule has 0 aromatic heterocycles. The van der Waals surface area contributed by atoms with Crippen molar-refractivity contribution >= 4 is 12.1 Å². The normalized spacial score (nSPS) is 20.8. The lowest BCUT2D eigenvalue weighted by atomic mass is 10.2. The molecule has 0 bridgehead atoms. The van der Waals surface area contributed by atoms with Crippen LogP contribution in [0.3, 0.4) is 0 Å². The van der Waals surface area contributed by atoms with Crippen LogP contribution in [0.15, 0.2) is 0 Å². The minimum atomic E-state index is -0.535. The van der Waals surface area contributed by atoms with E-state index in [0.29, 0.717) is 26.3 Å². The summed E-state index contributed by atoms with van der Waals surface area (Å²) in [5, 5.41) is 3.05. The van der Waals surface area contributed by atoms with Crippen LogP contribution < -0.4 is 5.32 Å². The van der Waals surface area contributed by atoms with E-state index in [0.717, 1.165) is 0 Å². The van der Waals surface area contributed by atoms with Crippen LogP contribution in [-0.4, -0.2) is 68.1 Å². The van der Waals surface area contributed by atoms with Gasteiger partial charge in [-0.2, -0.15) is 0 Å². The fourth-order valence-corrected chi connectivity index (χ4v) is 1.96. The maximum absolute atomic E-state index is 12.2. The van der Waals surface area contributed by atoms with Gasteiger partial charge in [-0.1, -0.05) is 0 Å². The zero-order valence-corrected chi connectivity index (χ0v) is 13.5. The van der Waals surface area contributed by atoms with Crippen molar-refractivity contribution in [1.82, 2.24) is 10.2 Å². The van der Waals surface area contributed by atoms with Crippen molar-refractivity contribution in [2.75, 3.05) is 33.4 Å². The zero-order valence-electron chi connectivity index (χ0n) is 13.5. The predicted octanol–water partition coefficient (Wildman–Crippen LogP) is 0.773. The van der Waals surface area contributed by atoms with Crippen LogP contribution in [0, 0.1) is 0 Å². The Morgan fingerprint density at radius 2 is 2.10 bits per heavy atom. The molecule has 2 unspecified atom stereocenters. The third-order valence-corrected chi connectivity index (χ3v) is 3.07. The number of hydrogen-bond acceptors (Lipinski definition) is 6. The minimum absolute atomic E-state index is 0.166. The van der Waals surface area contributed by atoms with Gasteiger partial charge in [-0.05, 0) is 27.7 Å². The number of nitrogens with one attached hydrogen (secondary N) is 1. The second-order valence-corrected chi connectivity index (χ2v) is 6.06. The molecular formula is C14H26N2O5. The fourth-order valence-electron chi connectivity index (χ4n) is 1.96. The van der Waals surface area contributed by atoms with Crippen LogP contribution in [0.2, 0.25) is 0 Å². The van der Waals surface area contributed by atoms with Gasteiger partial charge in [0.05, 0.1) is 26.4 Å². The van der Waals surface area contributed by atoms with Crippen LogP contribution in [0.5, 0.6) is 0 Å². The van der Waals surface area contributed by atoms with Crippen LogP contribution >= 0.6 is 0 Å². The molecule has 1 fully saturated rings. The highest BCUT2D eigenvalue weighted by molar-refractivity contribution is 5.75. The molecule has 2 atom stereocenters. The first-order valence-corrected chi connectivity index (χ1v) is 7.13. The molecule has 122 valence electrons. The Bertz CT molecular complexity index is 367. The summed E-state index contributed by atoms with van der Waals surface area (Å²) < 4.78 is 15.5. The van der Waals surface area contributed by atoms with Crippen molar-refractivity contribution in [3.05, 3.63) is 0 Å². The Labute approximate surface area is 125 Å². The monoisotopic (exact) mass is 302 g/mol. The summed E-state index contributed by atoms with van der Waals surface area (Å²) in [6, 6.07) is -0.599. The zero-order chi connectivity index (χ0) is 16.0.